The molecule has 0 aromatic carbocycles. The van der Waals surface area contributed by atoms with Gasteiger partial charge >= 0.3 is 0 Å². The van der Waals surface area contributed by atoms with E-state index in [0.29, 0.717) is 13.2 Å². The fourth-order valence-corrected chi connectivity index (χ4v) is 2.15. The Labute approximate surface area is 115 Å². The highest BCUT2D eigenvalue weighted by Gasteiger charge is 2.13. The summed E-state index contributed by atoms with van der Waals surface area (Å²) in [5.74, 6) is 0.928. The lowest BCUT2D eigenvalue weighted by Crippen LogP contribution is -2.24. The normalized spacial score (nSPS) is 19.3. The molecule has 0 aliphatic carbocycles. The van der Waals surface area contributed by atoms with Gasteiger partial charge in [-0.05, 0) is 37.8 Å². The van der Waals surface area contributed by atoms with E-state index in [1.807, 2.05) is 18.2 Å². The van der Waals surface area contributed by atoms with Gasteiger partial charge in [-0.3, -0.25) is 0 Å². The quantitative estimate of drug-likeness (QED) is 0.822. The molecule has 1 atom stereocenters. The highest BCUT2D eigenvalue weighted by atomic mass is 16.5. The van der Waals surface area contributed by atoms with Gasteiger partial charge < -0.3 is 14.8 Å². The van der Waals surface area contributed by atoms with E-state index in [1.165, 1.54) is 12.8 Å². The van der Waals surface area contributed by atoms with Crippen molar-refractivity contribution in [3.05, 3.63) is 23.9 Å². The lowest BCUT2D eigenvalue weighted by Gasteiger charge is -2.22. The summed E-state index contributed by atoms with van der Waals surface area (Å²) in [6.07, 6.45) is 4.92. The molecule has 0 spiro atoms. The molecule has 0 radical (unpaired) electrons. The average molecular weight is 264 g/mol. The van der Waals surface area contributed by atoms with Crippen LogP contribution in [0.15, 0.2) is 18.2 Å². The number of pyridine rings is 1. The predicted octanol–water partition coefficient (Wildman–Crippen LogP) is 2.99. The Kier molecular flexibility index (Phi) is 6.11. The number of aromatic nitrogens is 1. The zero-order valence-electron chi connectivity index (χ0n) is 11.7. The maximum absolute atomic E-state index is 5.70. The first-order chi connectivity index (χ1) is 9.38. The third kappa shape index (κ3) is 5.17. The van der Waals surface area contributed by atoms with Crippen LogP contribution in [0.4, 0.5) is 5.82 Å². The van der Waals surface area contributed by atoms with Crippen LogP contribution < -0.4 is 5.32 Å². The first-order valence-electron chi connectivity index (χ1n) is 7.27. The molecule has 1 aromatic heterocycles. The SMILES string of the molecule is CCCNc1cccc(COCC2CCCCO2)n1. The molecule has 1 N–H and O–H groups in total. The molecular weight excluding hydrogens is 240 g/mol. The van der Waals surface area contributed by atoms with Crippen LogP contribution in [0.1, 0.15) is 38.3 Å². The molecule has 1 fully saturated rings. The van der Waals surface area contributed by atoms with E-state index in [2.05, 4.69) is 17.2 Å². The van der Waals surface area contributed by atoms with Crippen molar-refractivity contribution in [1.82, 2.24) is 4.98 Å². The van der Waals surface area contributed by atoms with E-state index < -0.39 is 0 Å². The molecule has 0 bridgehead atoms. The second-order valence-electron chi connectivity index (χ2n) is 4.94. The van der Waals surface area contributed by atoms with Crippen LogP contribution in [0.3, 0.4) is 0 Å². The minimum Gasteiger partial charge on any atom is -0.376 e. The Morgan fingerprint density at radius 3 is 3.16 bits per heavy atom. The number of nitrogens with zero attached hydrogens (tertiary/aromatic N) is 1. The molecule has 106 valence electrons. The fourth-order valence-electron chi connectivity index (χ4n) is 2.15. The summed E-state index contributed by atoms with van der Waals surface area (Å²) in [6.45, 7) is 5.20. The van der Waals surface area contributed by atoms with E-state index >= 15 is 0 Å². The highest BCUT2D eigenvalue weighted by molar-refractivity contribution is 5.34. The van der Waals surface area contributed by atoms with Gasteiger partial charge in [0.2, 0.25) is 0 Å². The molecule has 19 heavy (non-hydrogen) atoms. The van der Waals surface area contributed by atoms with Gasteiger partial charge in [0.05, 0.1) is 25.0 Å². The van der Waals surface area contributed by atoms with Gasteiger partial charge in [-0.2, -0.15) is 0 Å². The minimum atomic E-state index is 0.273. The smallest absolute Gasteiger partial charge is 0.126 e. The summed E-state index contributed by atoms with van der Waals surface area (Å²) in [5, 5.41) is 3.28. The molecule has 0 saturated carbocycles. The van der Waals surface area contributed by atoms with Crippen molar-refractivity contribution in [2.24, 2.45) is 0 Å². The van der Waals surface area contributed by atoms with Crippen LogP contribution in [-0.2, 0) is 16.1 Å². The van der Waals surface area contributed by atoms with Gasteiger partial charge in [0.25, 0.3) is 0 Å². The standard InChI is InChI=1S/C15H24N2O2/c1-2-9-16-15-8-5-6-13(17-15)11-18-12-14-7-3-4-10-19-14/h5-6,8,14H,2-4,7,9-12H2,1H3,(H,16,17). The van der Waals surface area contributed by atoms with E-state index in [-0.39, 0.29) is 6.10 Å². The van der Waals surface area contributed by atoms with Crippen molar-refractivity contribution in [2.45, 2.75) is 45.3 Å². The third-order valence-electron chi connectivity index (χ3n) is 3.19. The zero-order valence-corrected chi connectivity index (χ0v) is 11.7. The number of hydrogen-bond donors (Lipinski definition) is 1. The second-order valence-corrected chi connectivity index (χ2v) is 4.94. The first kappa shape index (κ1) is 14.3. The van der Waals surface area contributed by atoms with Crippen LogP contribution in [0.5, 0.6) is 0 Å². The minimum absolute atomic E-state index is 0.273. The molecule has 1 aliphatic heterocycles. The van der Waals surface area contributed by atoms with E-state index in [0.717, 1.165) is 37.5 Å². The zero-order chi connectivity index (χ0) is 13.3. The number of anilines is 1. The Morgan fingerprint density at radius 2 is 2.37 bits per heavy atom. The summed E-state index contributed by atoms with van der Waals surface area (Å²) in [6, 6.07) is 6.00. The summed E-state index contributed by atoms with van der Waals surface area (Å²) in [4.78, 5) is 4.52. The maximum Gasteiger partial charge on any atom is 0.126 e. The molecule has 1 unspecified atom stereocenters. The molecule has 0 amide bonds. The molecule has 1 saturated heterocycles. The van der Waals surface area contributed by atoms with Gasteiger partial charge in [0.15, 0.2) is 0 Å². The molecule has 1 aromatic rings. The molecule has 1 aliphatic rings. The first-order valence-corrected chi connectivity index (χ1v) is 7.27. The molecular formula is C15H24N2O2. The summed E-state index contributed by atoms with van der Waals surface area (Å²) in [5.41, 5.74) is 0.969. The van der Waals surface area contributed by atoms with Gasteiger partial charge in [0.1, 0.15) is 5.82 Å². The highest BCUT2D eigenvalue weighted by Crippen LogP contribution is 2.13. The van der Waals surface area contributed by atoms with Crippen LogP contribution in [0, 0.1) is 0 Å². The Bertz CT molecular complexity index is 365. The van der Waals surface area contributed by atoms with E-state index in [4.69, 9.17) is 9.47 Å². The Hall–Kier alpha value is -1.13. The van der Waals surface area contributed by atoms with Gasteiger partial charge in [-0.15, -0.1) is 0 Å². The fraction of sp³-hybridized carbons (Fsp3) is 0.667. The topological polar surface area (TPSA) is 43.4 Å². The summed E-state index contributed by atoms with van der Waals surface area (Å²) < 4.78 is 11.3. The van der Waals surface area contributed by atoms with Crippen LogP contribution in [0.25, 0.3) is 0 Å². The third-order valence-corrected chi connectivity index (χ3v) is 3.19. The number of hydrogen-bond acceptors (Lipinski definition) is 4. The second kappa shape index (κ2) is 8.12. The van der Waals surface area contributed by atoms with Gasteiger partial charge in [-0.25, -0.2) is 4.98 Å². The van der Waals surface area contributed by atoms with Gasteiger partial charge in [-0.1, -0.05) is 13.0 Å². The Morgan fingerprint density at radius 1 is 1.42 bits per heavy atom. The van der Waals surface area contributed by atoms with Crippen molar-refractivity contribution in [3.63, 3.8) is 0 Å². The summed E-state index contributed by atoms with van der Waals surface area (Å²) in [7, 11) is 0. The van der Waals surface area contributed by atoms with Crippen molar-refractivity contribution in [2.75, 3.05) is 25.1 Å². The lowest BCUT2D eigenvalue weighted by molar-refractivity contribution is -0.0452. The van der Waals surface area contributed by atoms with E-state index in [1.54, 1.807) is 0 Å². The van der Waals surface area contributed by atoms with Crippen molar-refractivity contribution in [1.29, 1.82) is 0 Å². The summed E-state index contributed by atoms with van der Waals surface area (Å²) >= 11 is 0. The lowest BCUT2D eigenvalue weighted by atomic mass is 10.1. The molecule has 2 rings (SSSR count). The largest absolute Gasteiger partial charge is 0.376 e. The predicted molar refractivity (Wildman–Crippen MR) is 76.3 cm³/mol. The van der Waals surface area contributed by atoms with Crippen molar-refractivity contribution >= 4 is 5.82 Å². The van der Waals surface area contributed by atoms with Crippen molar-refractivity contribution in [3.8, 4) is 0 Å². The van der Waals surface area contributed by atoms with E-state index in [9.17, 15) is 0 Å². The van der Waals surface area contributed by atoms with Gasteiger partial charge in [0, 0.05) is 13.2 Å². The number of rotatable bonds is 7. The van der Waals surface area contributed by atoms with Crippen LogP contribution in [-0.4, -0.2) is 30.8 Å². The number of nitrogens with one attached hydrogen (secondary N) is 1. The van der Waals surface area contributed by atoms with Crippen molar-refractivity contribution < 1.29 is 9.47 Å². The molecule has 4 nitrogen and oxygen atoms in total. The van der Waals surface area contributed by atoms with Crippen LogP contribution >= 0.6 is 0 Å². The number of ether oxygens (including phenoxy) is 2. The monoisotopic (exact) mass is 264 g/mol. The molecule has 4 heteroatoms. The molecule has 2 heterocycles. The average Bonchev–Trinajstić information content (AvgIpc) is 2.47. The maximum atomic E-state index is 5.70. The van der Waals surface area contributed by atoms with Crippen LogP contribution in [0.2, 0.25) is 0 Å². The Balaban J connectivity index is 1.72.